The summed E-state index contributed by atoms with van der Waals surface area (Å²) in [4.78, 5) is 21.3. The van der Waals surface area contributed by atoms with Crippen molar-refractivity contribution in [2.45, 2.75) is 38.6 Å². The highest BCUT2D eigenvalue weighted by atomic mass is 32.2. The summed E-state index contributed by atoms with van der Waals surface area (Å²) >= 11 is 1.61. The fraction of sp³-hybridized carbons (Fsp3) is 0.421. The number of amides is 1. The van der Waals surface area contributed by atoms with Gasteiger partial charge in [0, 0.05) is 11.4 Å². The van der Waals surface area contributed by atoms with Gasteiger partial charge in [-0.2, -0.15) is 0 Å². The van der Waals surface area contributed by atoms with Crippen molar-refractivity contribution in [2.75, 3.05) is 11.1 Å². The molecule has 4 rings (SSSR count). The molecule has 2 aromatic rings. The summed E-state index contributed by atoms with van der Waals surface area (Å²) < 4.78 is 5.18. The van der Waals surface area contributed by atoms with Crippen LogP contribution < -0.4 is 11.1 Å². The van der Waals surface area contributed by atoms with Crippen LogP contribution >= 0.6 is 11.8 Å². The van der Waals surface area contributed by atoms with E-state index in [-0.39, 0.29) is 17.2 Å². The minimum atomic E-state index is -0.291. The normalized spacial score (nSPS) is 24.8. The first kappa shape index (κ1) is 17.1. The molecule has 6 nitrogen and oxygen atoms in total. The van der Waals surface area contributed by atoms with Crippen LogP contribution in [-0.4, -0.2) is 21.8 Å². The third kappa shape index (κ3) is 3.00. The maximum Gasteiger partial charge on any atom is 0.293 e. The van der Waals surface area contributed by atoms with E-state index in [0.29, 0.717) is 16.8 Å². The largest absolute Gasteiger partial charge is 0.438 e. The number of amidine groups is 1. The van der Waals surface area contributed by atoms with Crippen molar-refractivity contribution >= 4 is 28.5 Å². The molecule has 0 radical (unpaired) electrons. The van der Waals surface area contributed by atoms with E-state index in [1.807, 2.05) is 6.07 Å². The second-order valence-electron chi connectivity index (χ2n) is 7.19. The van der Waals surface area contributed by atoms with E-state index < -0.39 is 0 Å². The Balaban J connectivity index is 1.70. The number of aliphatic imine (C=N–C) groups is 1. The van der Waals surface area contributed by atoms with Crippen LogP contribution in [0, 0.1) is 12.8 Å². The van der Waals surface area contributed by atoms with Crippen molar-refractivity contribution < 1.29 is 9.21 Å². The van der Waals surface area contributed by atoms with E-state index in [4.69, 9.17) is 15.1 Å². The molecule has 0 bridgehead atoms. The van der Waals surface area contributed by atoms with Crippen LogP contribution in [0.3, 0.4) is 0 Å². The van der Waals surface area contributed by atoms with Gasteiger partial charge in [-0.05, 0) is 55.4 Å². The lowest BCUT2D eigenvalue weighted by Gasteiger charge is -2.41. The van der Waals surface area contributed by atoms with Crippen LogP contribution in [0.4, 0.5) is 5.69 Å². The molecule has 2 atom stereocenters. The number of nitrogens with zero attached hydrogens (tertiary/aromatic N) is 2. The van der Waals surface area contributed by atoms with Crippen molar-refractivity contribution in [2.24, 2.45) is 16.6 Å². The molecule has 1 amide bonds. The lowest BCUT2D eigenvalue weighted by Crippen LogP contribution is -2.37. The molecule has 0 fully saturated rings. The topological polar surface area (TPSA) is 93.5 Å². The van der Waals surface area contributed by atoms with Crippen molar-refractivity contribution in [1.82, 2.24) is 4.98 Å². The molecule has 7 heteroatoms. The number of hydrogen-bond acceptors (Lipinski definition) is 6. The number of aryl methyl sites for hydroxylation is 1. The number of rotatable bonds is 2. The van der Waals surface area contributed by atoms with Gasteiger partial charge in [-0.3, -0.25) is 9.79 Å². The van der Waals surface area contributed by atoms with Gasteiger partial charge in [-0.15, -0.1) is 0 Å². The van der Waals surface area contributed by atoms with E-state index in [0.717, 1.165) is 30.7 Å². The Morgan fingerprint density at radius 3 is 3.04 bits per heavy atom. The number of nitrogens with two attached hydrogens (primary N) is 1. The van der Waals surface area contributed by atoms with Gasteiger partial charge in [0.1, 0.15) is 0 Å². The molecule has 0 saturated heterocycles. The Morgan fingerprint density at radius 1 is 1.46 bits per heavy atom. The van der Waals surface area contributed by atoms with Crippen LogP contribution in [0.15, 0.2) is 34.0 Å². The monoisotopic (exact) mass is 370 g/mol. The lowest BCUT2D eigenvalue weighted by molar-refractivity contribution is 0.0996. The Labute approximate surface area is 156 Å². The number of carbonyl (C=O) groups is 1. The van der Waals surface area contributed by atoms with Crippen molar-refractivity contribution in [3.8, 4) is 0 Å². The van der Waals surface area contributed by atoms with Gasteiger partial charge >= 0.3 is 0 Å². The maximum atomic E-state index is 12.4. The predicted molar refractivity (Wildman–Crippen MR) is 103 cm³/mol. The summed E-state index contributed by atoms with van der Waals surface area (Å²) in [6.07, 6.45) is 4.26. The minimum absolute atomic E-state index is 0.238. The van der Waals surface area contributed by atoms with E-state index in [9.17, 15) is 4.79 Å². The summed E-state index contributed by atoms with van der Waals surface area (Å²) in [5, 5.41) is 3.58. The molecule has 2 unspecified atom stereocenters. The van der Waals surface area contributed by atoms with E-state index in [1.54, 1.807) is 18.7 Å². The lowest BCUT2D eigenvalue weighted by atomic mass is 9.71. The second kappa shape index (κ2) is 6.46. The fourth-order valence-electron chi connectivity index (χ4n) is 4.07. The van der Waals surface area contributed by atoms with Gasteiger partial charge in [0.05, 0.1) is 11.2 Å². The number of nitrogens with one attached hydrogen (secondary N) is 1. The summed E-state index contributed by atoms with van der Waals surface area (Å²) in [6.45, 7) is 4.01. The molecule has 1 aliphatic heterocycles. The first-order valence-corrected chi connectivity index (χ1v) is 9.78. The van der Waals surface area contributed by atoms with Crippen molar-refractivity contribution in [3.63, 3.8) is 0 Å². The SMILES string of the molecule is Cc1ncoc1C(=O)Nc1ccc2c(c1)C1(CCSC(N)=N1)CC(C)C2. The average Bonchev–Trinajstić information content (AvgIpc) is 3.01. The molecule has 3 N–H and O–H groups in total. The van der Waals surface area contributed by atoms with Crippen LogP contribution in [-0.2, 0) is 12.0 Å². The second-order valence-corrected chi connectivity index (χ2v) is 8.30. The highest BCUT2D eigenvalue weighted by Crippen LogP contribution is 2.47. The third-order valence-corrected chi connectivity index (χ3v) is 5.96. The highest BCUT2D eigenvalue weighted by molar-refractivity contribution is 8.13. The summed E-state index contributed by atoms with van der Waals surface area (Å²) in [5.41, 5.74) is 9.59. The Kier molecular flexibility index (Phi) is 4.26. The van der Waals surface area contributed by atoms with Gasteiger partial charge in [0.15, 0.2) is 11.6 Å². The molecule has 1 spiro atoms. The summed E-state index contributed by atoms with van der Waals surface area (Å²) in [6, 6.07) is 6.10. The van der Waals surface area contributed by atoms with Crippen LogP contribution in [0.1, 0.15) is 47.1 Å². The van der Waals surface area contributed by atoms with Gasteiger partial charge in [0.2, 0.25) is 5.76 Å². The van der Waals surface area contributed by atoms with Crippen LogP contribution in [0.5, 0.6) is 0 Å². The molecule has 2 aliphatic rings. The first-order valence-electron chi connectivity index (χ1n) is 8.80. The Bertz CT molecular complexity index is 891. The molecule has 1 aromatic carbocycles. The van der Waals surface area contributed by atoms with E-state index in [1.165, 1.54) is 17.5 Å². The van der Waals surface area contributed by atoms with Crippen molar-refractivity contribution in [3.05, 3.63) is 47.2 Å². The zero-order valence-electron chi connectivity index (χ0n) is 14.9. The van der Waals surface area contributed by atoms with Gasteiger partial charge in [0.25, 0.3) is 5.91 Å². The maximum absolute atomic E-state index is 12.4. The predicted octanol–water partition coefficient (Wildman–Crippen LogP) is 3.46. The Hall–Kier alpha value is -2.28. The molecule has 2 heterocycles. The van der Waals surface area contributed by atoms with E-state index >= 15 is 0 Å². The standard InChI is InChI=1S/C19H22N4O2S/c1-11-7-13-3-4-14(22-17(24)16-12(2)21-10-25-16)8-15(13)19(9-11)5-6-26-18(20)23-19/h3-4,8,10-11H,5-7,9H2,1-2H3,(H2,20,23)(H,22,24). The third-order valence-electron chi connectivity index (χ3n) is 5.17. The molecular weight excluding hydrogens is 348 g/mol. The minimum Gasteiger partial charge on any atom is -0.438 e. The number of anilines is 1. The number of fused-ring (bicyclic) bond motifs is 2. The zero-order chi connectivity index (χ0) is 18.3. The number of thioether (sulfide) groups is 1. The fourth-order valence-corrected chi connectivity index (χ4v) is 4.96. The molecule has 1 aliphatic carbocycles. The number of benzene rings is 1. The highest BCUT2D eigenvalue weighted by Gasteiger charge is 2.41. The number of hydrogen-bond donors (Lipinski definition) is 2. The Morgan fingerprint density at radius 2 is 2.31 bits per heavy atom. The first-order chi connectivity index (χ1) is 12.5. The van der Waals surface area contributed by atoms with Gasteiger partial charge < -0.3 is 15.5 Å². The smallest absolute Gasteiger partial charge is 0.293 e. The molecule has 136 valence electrons. The number of aromatic nitrogens is 1. The molecule has 26 heavy (non-hydrogen) atoms. The number of carbonyl (C=O) groups excluding carboxylic acids is 1. The number of oxazole rings is 1. The summed E-state index contributed by atoms with van der Waals surface area (Å²) in [5.74, 6) is 1.47. The van der Waals surface area contributed by atoms with Gasteiger partial charge in [-0.25, -0.2) is 4.98 Å². The molecule has 1 aromatic heterocycles. The summed E-state index contributed by atoms with van der Waals surface area (Å²) in [7, 11) is 0. The molecular formula is C19H22N4O2S. The van der Waals surface area contributed by atoms with E-state index in [2.05, 4.69) is 29.4 Å². The van der Waals surface area contributed by atoms with Gasteiger partial charge in [-0.1, -0.05) is 24.8 Å². The van der Waals surface area contributed by atoms with Crippen LogP contribution in [0.2, 0.25) is 0 Å². The molecule has 0 saturated carbocycles. The van der Waals surface area contributed by atoms with Crippen LogP contribution in [0.25, 0.3) is 0 Å². The quantitative estimate of drug-likeness (QED) is 0.844. The van der Waals surface area contributed by atoms with Crippen molar-refractivity contribution in [1.29, 1.82) is 0 Å². The zero-order valence-corrected chi connectivity index (χ0v) is 15.7. The average molecular weight is 370 g/mol.